The Bertz CT molecular complexity index is 1220. The summed E-state index contributed by atoms with van der Waals surface area (Å²) in [5, 5.41) is 10.5. The van der Waals surface area contributed by atoms with Gasteiger partial charge in [-0.2, -0.15) is 5.10 Å². The van der Waals surface area contributed by atoms with E-state index in [9.17, 15) is 9.59 Å². The van der Waals surface area contributed by atoms with Crippen LogP contribution < -0.4 is 10.6 Å². The molecule has 0 radical (unpaired) electrons. The molecule has 9 heteroatoms. The van der Waals surface area contributed by atoms with E-state index in [1.807, 2.05) is 12.1 Å². The summed E-state index contributed by atoms with van der Waals surface area (Å²) in [6.07, 6.45) is 1.02. The zero-order valence-corrected chi connectivity index (χ0v) is 17.8. The van der Waals surface area contributed by atoms with Gasteiger partial charge < -0.3 is 14.5 Å². The number of benzene rings is 2. The zero-order chi connectivity index (χ0) is 22.5. The van der Waals surface area contributed by atoms with Crippen LogP contribution in [-0.2, 0) is 11.3 Å². The van der Waals surface area contributed by atoms with E-state index in [0.717, 1.165) is 11.3 Å². The van der Waals surface area contributed by atoms with Crippen molar-refractivity contribution in [1.29, 1.82) is 0 Å². The Kier molecular flexibility index (Phi) is 6.23. The molecule has 0 bridgehead atoms. The van der Waals surface area contributed by atoms with Gasteiger partial charge in [0.25, 0.3) is 5.91 Å². The number of carbonyl (C=O) groups excluding carboxylic acids is 2. The molecule has 0 aliphatic rings. The zero-order valence-electron chi connectivity index (χ0n) is 17.0. The van der Waals surface area contributed by atoms with Crippen molar-refractivity contribution in [3.63, 3.8) is 0 Å². The average Bonchev–Trinajstić information content (AvgIpc) is 3.49. The third-order valence-electron chi connectivity index (χ3n) is 4.63. The van der Waals surface area contributed by atoms with Gasteiger partial charge in [-0.15, -0.1) is 0 Å². The van der Waals surface area contributed by atoms with E-state index in [0.29, 0.717) is 28.7 Å². The highest BCUT2D eigenvalue weighted by Crippen LogP contribution is 2.25. The number of methoxy groups -OCH3 is 1. The van der Waals surface area contributed by atoms with E-state index in [-0.39, 0.29) is 11.6 Å². The normalized spacial score (nSPS) is 10.6. The summed E-state index contributed by atoms with van der Waals surface area (Å²) < 4.78 is 11.7. The van der Waals surface area contributed by atoms with Crippen LogP contribution in [0.1, 0.15) is 16.1 Å². The molecule has 0 spiro atoms. The van der Waals surface area contributed by atoms with Crippen molar-refractivity contribution in [2.45, 2.75) is 6.54 Å². The number of ether oxygens (including phenoxy) is 1. The number of furan rings is 1. The SMILES string of the molecule is COC(=O)Nc1ccc(CNC(=O)c2cc(-c3ccco3)n(-c3ccc(Cl)cc3)n2)cc1. The molecule has 0 atom stereocenters. The Balaban J connectivity index is 1.51. The minimum Gasteiger partial charge on any atom is -0.463 e. The lowest BCUT2D eigenvalue weighted by molar-refractivity contribution is 0.0945. The summed E-state index contributed by atoms with van der Waals surface area (Å²) in [5.74, 6) is 0.252. The summed E-state index contributed by atoms with van der Waals surface area (Å²) in [7, 11) is 1.30. The highest BCUT2D eigenvalue weighted by molar-refractivity contribution is 6.30. The summed E-state index contributed by atoms with van der Waals surface area (Å²) in [4.78, 5) is 24.0. The molecule has 2 amide bonds. The van der Waals surface area contributed by atoms with Gasteiger partial charge in [0, 0.05) is 23.3 Å². The second kappa shape index (κ2) is 9.40. The molecule has 2 aromatic carbocycles. The summed E-state index contributed by atoms with van der Waals surface area (Å²) >= 11 is 6.00. The van der Waals surface area contributed by atoms with E-state index in [2.05, 4.69) is 20.5 Å². The van der Waals surface area contributed by atoms with Gasteiger partial charge in [0.2, 0.25) is 0 Å². The molecular weight excluding hydrogens is 432 g/mol. The Labute approximate surface area is 188 Å². The minimum atomic E-state index is -0.547. The smallest absolute Gasteiger partial charge is 0.411 e. The fourth-order valence-electron chi connectivity index (χ4n) is 3.02. The molecule has 0 unspecified atom stereocenters. The van der Waals surface area contributed by atoms with E-state index >= 15 is 0 Å². The molecule has 4 aromatic rings. The van der Waals surface area contributed by atoms with Crippen LogP contribution in [0.25, 0.3) is 17.1 Å². The van der Waals surface area contributed by atoms with Gasteiger partial charge in [-0.3, -0.25) is 10.1 Å². The maximum atomic E-state index is 12.8. The van der Waals surface area contributed by atoms with E-state index in [1.165, 1.54) is 7.11 Å². The van der Waals surface area contributed by atoms with Crippen LogP contribution >= 0.6 is 11.6 Å². The van der Waals surface area contributed by atoms with Crippen molar-refractivity contribution in [1.82, 2.24) is 15.1 Å². The lowest BCUT2D eigenvalue weighted by atomic mass is 10.2. The molecule has 8 nitrogen and oxygen atoms in total. The predicted molar refractivity (Wildman–Crippen MR) is 120 cm³/mol. The Hall–Kier alpha value is -4.04. The maximum Gasteiger partial charge on any atom is 0.411 e. The molecule has 2 aromatic heterocycles. The third-order valence-corrected chi connectivity index (χ3v) is 4.88. The number of hydrogen-bond donors (Lipinski definition) is 2. The maximum absolute atomic E-state index is 12.8. The van der Waals surface area contributed by atoms with Gasteiger partial charge in [0.1, 0.15) is 5.69 Å². The van der Waals surface area contributed by atoms with Gasteiger partial charge in [0.15, 0.2) is 11.5 Å². The van der Waals surface area contributed by atoms with E-state index in [4.69, 9.17) is 16.0 Å². The minimum absolute atomic E-state index is 0.246. The first-order chi connectivity index (χ1) is 15.5. The Morgan fingerprint density at radius 1 is 1.09 bits per heavy atom. The van der Waals surface area contributed by atoms with Crippen molar-refractivity contribution in [3.8, 4) is 17.1 Å². The average molecular weight is 451 g/mol. The molecule has 162 valence electrons. The van der Waals surface area contributed by atoms with Crippen LogP contribution in [0.2, 0.25) is 5.02 Å². The molecule has 32 heavy (non-hydrogen) atoms. The molecule has 0 fully saturated rings. The number of anilines is 1. The van der Waals surface area contributed by atoms with Crippen LogP contribution in [0.15, 0.2) is 77.4 Å². The van der Waals surface area contributed by atoms with Crippen molar-refractivity contribution in [2.24, 2.45) is 0 Å². The van der Waals surface area contributed by atoms with Crippen LogP contribution in [0.4, 0.5) is 10.5 Å². The first-order valence-corrected chi connectivity index (χ1v) is 10.0. The van der Waals surface area contributed by atoms with Crippen LogP contribution in [0.5, 0.6) is 0 Å². The second-order valence-electron chi connectivity index (χ2n) is 6.78. The number of carbonyl (C=O) groups is 2. The fourth-order valence-corrected chi connectivity index (χ4v) is 3.14. The number of halogens is 1. The highest BCUT2D eigenvalue weighted by Gasteiger charge is 2.18. The molecule has 2 heterocycles. The standard InChI is InChI=1S/C23H19ClN4O4/c1-31-23(30)26-17-8-4-15(5-9-17)14-25-22(29)19-13-20(21-3-2-12-32-21)28(27-19)18-10-6-16(24)7-11-18/h2-13H,14H2,1H3,(H,25,29)(H,26,30). The first-order valence-electron chi connectivity index (χ1n) is 9.65. The molecule has 4 rings (SSSR count). The number of hydrogen-bond acceptors (Lipinski definition) is 5. The molecule has 2 N–H and O–H groups in total. The lowest BCUT2D eigenvalue weighted by Gasteiger charge is -2.07. The first kappa shape index (κ1) is 21.2. The number of amides is 2. The van der Waals surface area contributed by atoms with Gasteiger partial charge in [0.05, 0.1) is 19.1 Å². The molecule has 0 aliphatic carbocycles. The fraction of sp³-hybridized carbons (Fsp3) is 0.0870. The Morgan fingerprint density at radius 2 is 1.84 bits per heavy atom. The topological polar surface area (TPSA) is 98.4 Å². The van der Waals surface area contributed by atoms with Crippen LogP contribution in [0, 0.1) is 0 Å². The van der Waals surface area contributed by atoms with E-state index < -0.39 is 6.09 Å². The quantitative estimate of drug-likeness (QED) is 0.435. The number of nitrogens with one attached hydrogen (secondary N) is 2. The monoisotopic (exact) mass is 450 g/mol. The second-order valence-corrected chi connectivity index (χ2v) is 7.21. The lowest BCUT2D eigenvalue weighted by Crippen LogP contribution is -2.23. The Morgan fingerprint density at radius 3 is 2.50 bits per heavy atom. The largest absolute Gasteiger partial charge is 0.463 e. The van der Waals surface area contributed by atoms with Gasteiger partial charge in [-0.05, 0) is 54.1 Å². The number of nitrogens with zero attached hydrogens (tertiary/aromatic N) is 2. The predicted octanol–water partition coefficient (Wildman–Crippen LogP) is 4.89. The third kappa shape index (κ3) is 4.81. The highest BCUT2D eigenvalue weighted by atomic mass is 35.5. The van der Waals surface area contributed by atoms with E-state index in [1.54, 1.807) is 65.5 Å². The van der Waals surface area contributed by atoms with Crippen LogP contribution in [0.3, 0.4) is 0 Å². The van der Waals surface area contributed by atoms with Gasteiger partial charge >= 0.3 is 6.09 Å². The number of rotatable bonds is 6. The molecule has 0 saturated carbocycles. The summed E-state index contributed by atoms with van der Waals surface area (Å²) in [5.41, 5.74) is 3.08. The van der Waals surface area contributed by atoms with Crippen molar-refractivity contribution in [2.75, 3.05) is 12.4 Å². The summed E-state index contributed by atoms with van der Waals surface area (Å²) in [6.45, 7) is 0.293. The van der Waals surface area contributed by atoms with Gasteiger partial charge in [-0.25, -0.2) is 9.48 Å². The van der Waals surface area contributed by atoms with Crippen molar-refractivity contribution >= 4 is 29.3 Å². The number of aromatic nitrogens is 2. The van der Waals surface area contributed by atoms with Crippen LogP contribution in [-0.4, -0.2) is 28.9 Å². The molecule has 0 aliphatic heterocycles. The molecular formula is C23H19ClN4O4. The van der Waals surface area contributed by atoms with Crippen molar-refractivity contribution < 1.29 is 18.7 Å². The molecule has 0 saturated heterocycles. The summed E-state index contributed by atoms with van der Waals surface area (Å²) in [6, 6.07) is 19.4. The van der Waals surface area contributed by atoms with Crippen molar-refractivity contribution in [3.05, 3.63) is 89.3 Å². The van der Waals surface area contributed by atoms with Gasteiger partial charge in [-0.1, -0.05) is 23.7 Å².